The molecule has 0 atom stereocenters. The number of rotatable bonds is 1. The van der Waals surface area contributed by atoms with E-state index in [4.69, 9.17) is 5.73 Å². The van der Waals surface area contributed by atoms with Crippen molar-refractivity contribution in [2.75, 3.05) is 0 Å². The third kappa shape index (κ3) is 2.04. The van der Waals surface area contributed by atoms with E-state index in [1.54, 1.807) is 24.7 Å². The van der Waals surface area contributed by atoms with Crippen molar-refractivity contribution in [3.05, 3.63) is 29.8 Å². The van der Waals surface area contributed by atoms with Crippen molar-refractivity contribution in [1.29, 1.82) is 0 Å². The summed E-state index contributed by atoms with van der Waals surface area (Å²) in [4.78, 5) is 0. The van der Waals surface area contributed by atoms with Crippen LogP contribution in [0, 0.1) is 24.7 Å². The summed E-state index contributed by atoms with van der Waals surface area (Å²) in [7, 11) is 0. The predicted molar refractivity (Wildman–Crippen MR) is 34.0 cm³/mol. The van der Waals surface area contributed by atoms with E-state index < -0.39 is 0 Å². The van der Waals surface area contributed by atoms with E-state index in [0.717, 1.165) is 0 Å². The van der Waals surface area contributed by atoms with E-state index in [2.05, 4.69) is 12.1 Å². The van der Waals surface area contributed by atoms with Gasteiger partial charge in [-0.25, -0.2) is 0 Å². The fourth-order valence-electron chi connectivity index (χ4n) is 0.664. The molecular weight excluding hydrogens is 309 g/mol. The molecule has 0 fully saturated rings. The summed E-state index contributed by atoms with van der Waals surface area (Å²) in [6.07, 6.45) is 0. The van der Waals surface area contributed by atoms with Gasteiger partial charge in [-0.15, -0.1) is 0 Å². The molecule has 0 spiro atoms. The van der Waals surface area contributed by atoms with Gasteiger partial charge >= 0.3 is 70.1 Å². The number of nitrogens with two attached hydrogens (primary N) is 1. The summed E-state index contributed by atoms with van der Waals surface area (Å²) in [6.45, 7) is 0.649. The summed E-state index contributed by atoms with van der Waals surface area (Å²) in [5, 5.41) is 0. The van der Waals surface area contributed by atoms with Crippen molar-refractivity contribution in [3.8, 4) is 0 Å². The Kier molecular flexibility index (Phi) is 2.62. The first-order chi connectivity index (χ1) is 4.33. The van der Waals surface area contributed by atoms with E-state index in [1.807, 2.05) is 12.1 Å². The van der Waals surface area contributed by atoms with Gasteiger partial charge in [0.05, 0.1) is 0 Å². The SMILES string of the molecule is NCc1cccc([211At])c1. The van der Waals surface area contributed by atoms with Gasteiger partial charge in [-0.2, -0.15) is 0 Å². The summed E-state index contributed by atoms with van der Waals surface area (Å²) >= 11 is 1.69. The average molecular weight is 317 g/mol. The summed E-state index contributed by atoms with van der Waals surface area (Å²) in [5.74, 6) is 0. The fraction of sp³-hybridized carbons (Fsp3) is 0.143. The molecule has 0 aromatic heterocycles. The van der Waals surface area contributed by atoms with Gasteiger partial charge in [-0.3, -0.25) is 0 Å². The van der Waals surface area contributed by atoms with Crippen molar-refractivity contribution < 1.29 is 24.7 Å². The standard InChI is InChI=1S/C7H8AtN/c8-7-3-1-2-6(4-7)5-9/h1-4H,5,9H2/i8+1. The Morgan fingerprint density at radius 1 is 1.44 bits per heavy atom. The van der Waals surface area contributed by atoms with Gasteiger partial charge in [0, 0.05) is 0 Å². The Labute approximate surface area is 70.1 Å². The molecule has 48 valence electrons. The first kappa shape index (κ1) is 7.17. The zero-order chi connectivity index (χ0) is 6.69. The number of hydrogen-bond acceptors (Lipinski definition) is 1. The normalized spacial score (nSPS) is 9.56. The van der Waals surface area contributed by atoms with Crippen LogP contribution in [-0.4, -0.2) is 0 Å². The van der Waals surface area contributed by atoms with Crippen molar-refractivity contribution in [1.82, 2.24) is 0 Å². The van der Waals surface area contributed by atoms with Gasteiger partial charge in [-0.1, -0.05) is 0 Å². The summed E-state index contributed by atoms with van der Waals surface area (Å²) < 4.78 is 1.33. The molecule has 1 rings (SSSR count). The predicted octanol–water partition coefficient (Wildman–Crippen LogP) is 0.320. The van der Waals surface area contributed by atoms with Crippen LogP contribution < -0.4 is 9.01 Å². The van der Waals surface area contributed by atoms with Crippen LogP contribution in [0.15, 0.2) is 24.3 Å². The molecule has 0 unspecified atom stereocenters. The molecule has 0 saturated carbocycles. The zero-order valence-electron chi connectivity index (χ0n) is 4.97. The summed E-state index contributed by atoms with van der Waals surface area (Å²) in [6, 6.07) is 8.30. The third-order valence-electron chi connectivity index (χ3n) is 1.12. The van der Waals surface area contributed by atoms with E-state index in [0.29, 0.717) is 6.54 Å². The van der Waals surface area contributed by atoms with Gasteiger partial charge in [0.1, 0.15) is 0 Å². The van der Waals surface area contributed by atoms with Crippen LogP contribution in [-0.2, 0) is 6.54 Å². The topological polar surface area (TPSA) is 26.0 Å². The molecule has 0 radical (unpaired) electrons. The first-order valence-electron chi connectivity index (χ1n) is 2.77. The molecule has 0 aliphatic carbocycles. The Hall–Kier alpha value is 0.0631. The third-order valence-corrected chi connectivity index (χ3v) is 2.04. The molecular formula is C7H8AtN. The Bertz CT molecular complexity index is 198. The zero-order valence-corrected chi connectivity index (χ0v) is 7.91. The molecule has 0 aliphatic heterocycles. The second-order valence-electron chi connectivity index (χ2n) is 1.83. The van der Waals surface area contributed by atoms with Crippen LogP contribution in [0.4, 0.5) is 0 Å². The van der Waals surface area contributed by atoms with Crippen molar-refractivity contribution in [3.63, 3.8) is 0 Å². The van der Waals surface area contributed by atoms with Crippen molar-refractivity contribution >= 4 is 3.27 Å². The van der Waals surface area contributed by atoms with Gasteiger partial charge in [0.25, 0.3) is 0 Å². The Balaban J connectivity index is 2.94. The fourth-order valence-corrected chi connectivity index (χ4v) is 1.49. The van der Waals surface area contributed by atoms with E-state index >= 15 is 0 Å². The molecule has 0 aliphatic rings. The van der Waals surface area contributed by atoms with Crippen LogP contribution in [0.2, 0.25) is 0 Å². The van der Waals surface area contributed by atoms with E-state index in [-0.39, 0.29) is 0 Å². The van der Waals surface area contributed by atoms with Crippen molar-refractivity contribution in [2.45, 2.75) is 6.54 Å². The van der Waals surface area contributed by atoms with Gasteiger partial charge in [-0.05, 0) is 0 Å². The molecule has 0 bridgehead atoms. The van der Waals surface area contributed by atoms with E-state index in [9.17, 15) is 0 Å². The van der Waals surface area contributed by atoms with Crippen LogP contribution in [0.25, 0.3) is 0 Å². The molecule has 2 N–H and O–H groups in total. The monoisotopic (exact) mass is 317 g/mol. The molecule has 0 amide bonds. The maximum absolute atomic E-state index is 5.42. The van der Waals surface area contributed by atoms with Gasteiger partial charge in [0.2, 0.25) is 0 Å². The molecule has 0 heterocycles. The number of hydrogen-bond donors (Lipinski definition) is 1. The first-order valence-corrected chi connectivity index (χ1v) is 4.24. The second kappa shape index (κ2) is 3.29. The average Bonchev–Trinajstić information content (AvgIpc) is 1.88. The Morgan fingerprint density at radius 2 is 2.22 bits per heavy atom. The molecule has 2 heteroatoms. The van der Waals surface area contributed by atoms with Gasteiger partial charge in [0.15, 0.2) is 0 Å². The minimum absolute atomic E-state index is 0.649. The molecule has 9 heavy (non-hydrogen) atoms. The van der Waals surface area contributed by atoms with Crippen LogP contribution in [0.1, 0.15) is 5.56 Å². The van der Waals surface area contributed by atoms with Crippen LogP contribution in [0.3, 0.4) is 0 Å². The Morgan fingerprint density at radius 3 is 2.67 bits per heavy atom. The van der Waals surface area contributed by atoms with E-state index in [1.165, 1.54) is 8.83 Å². The number of benzene rings is 1. The van der Waals surface area contributed by atoms with Gasteiger partial charge < -0.3 is 0 Å². The molecule has 1 nitrogen and oxygen atoms in total. The molecule has 1 aromatic carbocycles. The molecule has 1 aromatic rings. The maximum atomic E-state index is 5.42. The summed E-state index contributed by atoms with van der Waals surface area (Å²) in [5.41, 5.74) is 6.64. The van der Waals surface area contributed by atoms with Crippen molar-refractivity contribution in [2.24, 2.45) is 5.73 Å². The quantitative estimate of drug-likeness (QED) is 0.793. The second-order valence-corrected chi connectivity index (χ2v) is 3.53. The molecule has 0 saturated heterocycles. The van der Waals surface area contributed by atoms with Crippen LogP contribution >= 0.6 is 0 Å². The minimum atomic E-state index is 0.649. The van der Waals surface area contributed by atoms with Crippen LogP contribution in [0.5, 0.6) is 0 Å².